The van der Waals surface area contributed by atoms with Gasteiger partial charge < -0.3 is 5.32 Å². The van der Waals surface area contributed by atoms with Crippen LogP contribution in [0.25, 0.3) is 11.3 Å². The quantitative estimate of drug-likeness (QED) is 0.801. The van der Waals surface area contributed by atoms with Crippen LogP contribution in [0.2, 0.25) is 0 Å². The first-order valence-corrected chi connectivity index (χ1v) is 7.83. The Morgan fingerprint density at radius 1 is 1.17 bits per heavy atom. The van der Waals surface area contributed by atoms with Gasteiger partial charge in [0.25, 0.3) is 5.91 Å². The van der Waals surface area contributed by atoms with Gasteiger partial charge in [-0.1, -0.05) is 0 Å². The zero-order valence-electron chi connectivity index (χ0n) is 12.1. The van der Waals surface area contributed by atoms with Gasteiger partial charge in [-0.15, -0.1) is 0 Å². The van der Waals surface area contributed by atoms with Crippen LogP contribution in [0.15, 0.2) is 53.5 Å². The summed E-state index contributed by atoms with van der Waals surface area (Å²) in [5.41, 5.74) is 3.51. The Morgan fingerprint density at radius 3 is 2.65 bits per heavy atom. The Hall–Kier alpha value is -3.04. The predicted molar refractivity (Wildman–Crippen MR) is 87.7 cm³/mol. The van der Waals surface area contributed by atoms with Crippen molar-refractivity contribution in [3.8, 4) is 17.3 Å². The first-order chi connectivity index (χ1) is 11.3. The van der Waals surface area contributed by atoms with Gasteiger partial charge in [0.2, 0.25) is 0 Å². The number of nitrogens with zero attached hydrogens (tertiary/aromatic N) is 3. The topological polar surface area (TPSA) is 78.7 Å². The number of nitriles is 1. The van der Waals surface area contributed by atoms with Crippen LogP contribution in [0.5, 0.6) is 0 Å². The molecule has 112 valence electrons. The van der Waals surface area contributed by atoms with E-state index in [0.717, 1.165) is 11.3 Å². The fourth-order valence-corrected chi connectivity index (χ4v) is 2.74. The smallest absolute Gasteiger partial charge is 0.251 e. The monoisotopic (exact) mass is 320 g/mol. The van der Waals surface area contributed by atoms with E-state index in [4.69, 9.17) is 5.26 Å². The summed E-state index contributed by atoms with van der Waals surface area (Å²) in [6.07, 6.45) is 3.25. The lowest BCUT2D eigenvalue weighted by molar-refractivity contribution is 0.0950. The third kappa shape index (κ3) is 3.42. The summed E-state index contributed by atoms with van der Waals surface area (Å²) in [5, 5.41) is 15.6. The molecule has 5 nitrogen and oxygen atoms in total. The molecule has 0 bridgehead atoms. The summed E-state index contributed by atoms with van der Waals surface area (Å²) >= 11 is 1.59. The molecule has 2 aromatic heterocycles. The summed E-state index contributed by atoms with van der Waals surface area (Å²) < 4.78 is 0. The fourth-order valence-electron chi connectivity index (χ4n) is 2.10. The van der Waals surface area contributed by atoms with Crippen molar-refractivity contribution in [2.45, 2.75) is 6.54 Å². The van der Waals surface area contributed by atoms with Gasteiger partial charge >= 0.3 is 0 Å². The maximum atomic E-state index is 12.2. The van der Waals surface area contributed by atoms with Crippen molar-refractivity contribution in [2.75, 3.05) is 0 Å². The Balaban J connectivity index is 1.73. The molecular formula is C17H12N4OS. The van der Waals surface area contributed by atoms with Crippen molar-refractivity contribution >= 4 is 17.2 Å². The SMILES string of the molecule is N#Cc1ccc(C(=O)NCc2nccnc2-c2ccsc2)cc1. The van der Waals surface area contributed by atoms with E-state index in [1.165, 1.54) is 0 Å². The average Bonchev–Trinajstić information content (AvgIpc) is 3.14. The number of hydrogen-bond acceptors (Lipinski definition) is 5. The molecule has 0 saturated carbocycles. The van der Waals surface area contributed by atoms with E-state index in [-0.39, 0.29) is 12.5 Å². The molecule has 1 aromatic carbocycles. The second-order valence-electron chi connectivity index (χ2n) is 4.74. The average molecular weight is 320 g/mol. The van der Waals surface area contributed by atoms with Gasteiger partial charge in [0.05, 0.1) is 29.6 Å². The summed E-state index contributed by atoms with van der Waals surface area (Å²) in [5.74, 6) is -0.212. The third-order valence-corrected chi connectivity index (χ3v) is 3.94. The maximum absolute atomic E-state index is 12.2. The minimum atomic E-state index is -0.212. The number of thiophene rings is 1. The van der Waals surface area contributed by atoms with Gasteiger partial charge in [-0.3, -0.25) is 14.8 Å². The summed E-state index contributed by atoms with van der Waals surface area (Å²) in [6, 6.07) is 10.5. The number of benzene rings is 1. The summed E-state index contributed by atoms with van der Waals surface area (Å²) in [6.45, 7) is 0.290. The lowest BCUT2D eigenvalue weighted by atomic mass is 10.1. The molecule has 0 aliphatic heterocycles. The van der Waals surface area contributed by atoms with Gasteiger partial charge in [0, 0.05) is 28.9 Å². The Morgan fingerprint density at radius 2 is 1.96 bits per heavy atom. The molecule has 0 unspecified atom stereocenters. The molecule has 6 heteroatoms. The van der Waals surface area contributed by atoms with Crippen LogP contribution in [0.1, 0.15) is 21.6 Å². The molecule has 2 heterocycles. The van der Waals surface area contributed by atoms with Crippen molar-refractivity contribution in [2.24, 2.45) is 0 Å². The zero-order chi connectivity index (χ0) is 16.1. The zero-order valence-corrected chi connectivity index (χ0v) is 12.9. The molecular weight excluding hydrogens is 308 g/mol. The molecule has 0 radical (unpaired) electrons. The maximum Gasteiger partial charge on any atom is 0.251 e. The number of aromatic nitrogens is 2. The van der Waals surface area contributed by atoms with Gasteiger partial charge in [0.15, 0.2) is 0 Å². The number of carbonyl (C=O) groups excluding carboxylic acids is 1. The highest BCUT2D eigenvalue weighted by Crippen LogP contribution is 2.22. The van der Waals surface area contributed by atoms with Crippen LogP contribution in [-0.4, -0.2) is 15.9 Å². The van der Waals surface area contributed by atoms with E-state index in [9.17, 15) is 4.79 Å². The lowest BCUT2D eigenvalue weighted by Crippen LogP contribution is -2.23. The first kappa shape index (κ1) is 14.9. The van der Waals surface area contributed by atoms with E-state index in [0.29, 0.717) is 16.8 Å². The summed E-state index contributed by atoms with van der Waals surface area (Å²) in [4.78, 5) is 20.8. The number of hydrogen-bond donors (Lipinski definition) is 1. The molecule has 0 aliphatic carbocycles. The van der Waals surface area contributed by atoms with Crippen LogP contribution in [0.4, 0.5) is 0 Å². The second kappa shape index (κ2) is 6.81. The summed E-state index contributed by atoms with van der Waals surface area (Å²) in [7, 11) is 0. The van der Waals surface area contributed by atoms with Crippen LogP contribution < -0.4 is 5.32 Å². The van der Waals surface area contributed by atoms with Crippen molar-refractivity contribution in [1.29, 1.82) is 5.26 Å². The molecule has 0 aliphatic rings. The normalized spacial score (nSPS) is 10.0. The van der Waals surface area contributed by atoms with Crippen molar-refractivity contribution in [3.63, 3.8) is 0 Å². The molecule has 3 rings (SSSR count). The molecule has 3 aromatic rings. The minimum absolute atomic E-state index is 0.212. The van der Waals surface area contributed by atoms with Crippen LogP contribution in [-0.2, 0) is 6.54 Å². The third-order valence-electron chi connectivity index (χ3n) is 3.26. The molecule has 0 spiro atoms. The molecule has 1 amide bonds. The Labute approximate surface area is 137 Å². The number of carbonyl (C=O) groups is 1. The van der Waals surface area contributed by atoms with Crippen LogP contribution in [0.3, 0.4) is 0 Å². The Bertz CT molecular complexity index is 851. The fraction of sp³-hybridized carbons (Fsp3) is 0.0588. The van der Waals surface area contributed by atoms with Gasteiger partial charge in [-0.25, -0.2) is 0 Å². The second-order valence-corrected chi connectivity index (χ2v) is 5.52. The van der Waals surface area contributed by atoms with E-state index >= 15 is 0 Å². The molecule has 1 N–H and O–H groups in total. The van der Waals surface area contributed by atoms with E-state index in [1.807, 2.05) is 22.9 Å². The van der Waals surface area contributed by atoms with E-state index < -0.39 is 0 Å². The Kier molecular flexibility index (Phi) is 4.41. The van der Waals surface area contributed by atoms with E-state index in [2.05, 4.69) is 15.3 Å². The highest BCUT2D eigenvalue weighted by Gasteiger charge is 2.11. The predicted octanol–water partition coefficient (Wildman–Crippen LogP) is 3.01. The van der Waals surface area contributed by atoms with Crippen molar-refractivity contribution in [1.82, 2.24) is 15.3 Å². The van der Waals surface area contributed by atoms with Crippen molar-refractivity contribution < 1.29 is 4.79 Å². The van der Waals surface area contributed by atoms with Gasteiger partial charge in [-0.05, 0) is 35.7 Å². The van der Waals surface area contributed by atoms with Gasteiger partial charge in [-0.2, -0.15) is 16.6 Å². The molecule has 23 heavy (non-hydrogen) atoms. The van der Waals surface area contributed by atoms with Crippen LogP contribution >= 0.6 is 11.3 Å². The number of rotatable bonds is 4. The molecule has 0 atom stereocenters. The standard InChI is InChI=1S/C17H12N4OS/c18-9-12-1-3-13(4-2-12)17(22)21-10-15-16(20-7-6-19-15)14-5-8-23-11-14/h1-8,11H,10H2,(H,21,22). The number of nitrogens with one attached hydrogen (secondary N) is 1. The largest absolute Gasteiger partial charge is 0.346 e. The highest BCUT2D eigenvalue weighted by atomic mass is 32.1. The van der Waals surface area contributed by atoms with Gasteiger partial charge in [0.1, 0.15) is 0 Å². The minimum Gasteiger partial charge on any atom is -0.346 e. The molecule has 0 fully saturated rings. The molecule has 0 saturated heterocycles. The first-order valence-electron chi connectivity index (χ1n) is 6.89. The van der Waals surface area contributed by atoms with Crippen LogP contribution in [0, 0.1) is 11.3 Å². The lowest BCUT2D eigenvalue weighted by Gasteiger charge is -2.08. The number of amides is 1. The van der Waals surface area contributed by atoms with E-state index in [1.54, 1.807) is 48.0 Å². The highest BCUT2D eigenvalue weighted by molar-refractivity contribution is 7.08. The van der Waals surface area contributed by atoms with Crippen molar-refractivity contribution in [3.05, 3.63) is 70.3 Å².